The van der Waals surface area contributed by atoms with E-state index >= 15 is 0 Å². The second kappa shape index (κ2) is 15.7. The summed E-state index contributed by atoms with van der Waals surface area (Å²) >= 11 is 0. The Morgan fingerprint density at radius 2 is 0.750 bits per heavy atom. The highest BCUT2D eigenvalue weighted by atomic mass is 16.5. The lowest BCUT2D eigenvalue weighted by molar-refractivity contribution is 0.304. The van der Waals surface area contributed by atoms with Crippen molar-refractivity contribution in [2.75, 3.05) is 26.4 Å². The number of benzene rings is 4. The van der Waals surface area contributed by atoms with Gasteiger partial charge in [-0.3, -0.25) is 0 Å². The van der Waals surface area contributed by atoms with Crippen LogP contribution < -0.4 is 18.9 Å². The Bertz CT molecular complexity index is 1210. The number of hydrogen-bond donors (Lipinski definition) is 0. The van der Waals surface area contributed by atoms with Crippen molar-refractivity contribution in [2.24, 2.45) is 0 Å². The van der Waals surface area contributed by atoms with Crippen molar-refractivity contribution in [3.05, 3.63) is 117 Å². The molecule has 4 aromatic rings. The van der Waals surface area contributed by atoms with Crippen molar-refractivity contribution >= 4 is 0 Å². The highest BCUT2D eigenvalue weighted by molar-refractivity contribution is 5.55. The molecular weight excluding hydrogens is 544 g/mol. The zero-order chi connectivity index (χ0) is 30.7. The van der Waals surface area contributed by atoms with Gasteiger partial charge < -0.3 is 18.9 Å². The molecule has 0 N–H and O–H groups in total. The van der Waals surface area contributed by atoms with E-state index in [0.29, 0.717) is 39.3 Å². The van der Waals surface area contributed by atoms with Gasteiger partial charge in [0.05, 0.1) is 26.4 Å². The molecule has 1 aliphatic carbocycles. The maximum absolute atomic E-state index is 6.53. The van der Waals surface area contributed by atoms with Gasteiger partial charge in [0.1, 0.15) is 23.0 Å². The van der Waals surface area contributed by atoms with E-state index in [1.165, 1.54) is 27.8 Å². The van der Waals surface area contributed by atoms with Crippen LogP contribution in [0.15, 0.2) is 66.7 Å². The summed E-state index contributed by atoms with van der Waals surface area (Å²) in [7, 11) is 0. The maximum atomic E-state index is 6.53. The number of ether oxygens (including phenoxy) is 4. The smallest absolute Gasteiger partial charge is 0.126 e. The molecule has 0 saturated heterocycles. The lowest BCUT2D eigenvalue weighted by atomic mass is 9.91. The predicted molar refractivity (Wildman–Crippen MR) is 179 cm³/mol. The highest BCUT2D eigenvalue weighted by Crippen LogP contribution is 2.38. The Morgan fingerprint density at radius 3 is 1.11 bits per heavy atom. The van der Waals surface area contributed by atoms with E-state index in [0.717, 1.165) is 78.2 Å². The molecule has 0 atom stereocenters. The second-order valence-electron chi connectivity index (χ2n) is 11.6. The summed E-state index contributed by atoms with van der Waals surface area (Å²) < 4.78 is 26.1. The third-order valence-corrected chi connectivity index (χ3v) is 7.95. The van der Waals surface area contributed by atoms with Crippen molar-refractivity contribution in [1.82, 2.24) is 0 Å². The first-order valence-corrected chi connectivity index (χ1v) is 16.5. The van der Waals surface area contributed by atoms with Gasteiger partial charge in [-0.15, -0.1) is 0 Å². The summed E-state index contributed by atoms with van der Waals surface area (Å²) in [5.74, 6) is 3.85. The summed E-state index contributed by atoms with van der Waals surface area (Å²) in [5.41, 5.74) is 9.23. The zero-order valence-electron chi connectivity index (χ0n) is 27.0. The standard InChI is InChI=1S/C40H47O4/c1-5-21-41-37-29-13-9-14-30(37)26-32-16-11-18-34(39(32)43-23-7-3)28-36-20-12-19-35(40(36)44-24-8-4)27-33-17-10-15-31(25-29)38(33)42-22-6-2/h9-19H,5-8,21-28H2,1-4H3. The Labute approximate surface area is 264 Å². The molecule has 1 radical (unpaired) electrons. The lowest BCUT2D eigenvalue weighted by Crippen LogP contribution is -2.10. The van der Waals surface area contributed by atoms with Crippen molar-refractivity contribution in [3.8, 4) is 23.0 Å². The molecule has 5 rings (SSSR count). The van der Waals surface area contributed by atoms with Gasteiger partial charge in [-0.1, -0.05) is 94.4 Å². The van der Waals surface area contributed by atoms with Gasteiger partial charge in [0, 0.05) is 31.2 Å². The summed E-state index contributed by atoms with van der Waals surface area (Å²) in [6, 6.07) is 27.4. The normalized spacial score (nSPS) is 12.5. The van der Waals surface area contributed by atoms with Crippen LogP contribution in [0.2, 0.25) is 0 Å². The quantitative estimate of drug-likeness (QED) is 0.145. The third kappa shape index (κ3) is 7.41. The summed E-state index contributed by atoms with van der Waals surface area (Å²) in [6.07, 6.45) is 6.63. The van der Waals surface area contributed by atoms with E-state index in [-0.39, 0.29) is 0 Å². The van der Waals surface area contributed by atoms with Gasteiger partial charge in [0.15, 0.2) is 0 Å². The maximum Gasteiger partial charge on any atom is 0.126 e. The van der Waals surface area contributed by atoms with Gasteiger partial charge >= 0.3 is 0 Å². The van der Waals surface area contributed by atoms with Crippen LogP contribution in [0.25, 0.3) is 0 Å². The molecule has 0 amide bonds. The van der Waals surface area contributed by atoms with Crippen molar-refractivity contribution in [3.63, 3.8) is 0 Å². The predicted octanol–water partition coefficient (Wildman–Crippen LogP) is 9.32. The molecule has 0 aliphatic heterocycles. The van der Waals surface area contributed by atoms with Gasteiger partial charge in [-0.25, -0.2) is 0 Å². The van der Waals surface area contributed by atoms with Gasteiger partial charge in [0.2, 0.25) is 0 Å². The van der Waals surface area contributed by atoms with Gasteiger partial charge in [-0.2, -0.15) is 0 Å². The number of para-hydroxylation sites is 3. The molecule has 0 heterocycles. The van der Waals surface area contributed by atoms with Crippen molar-refractivity contribution in [1.29, 1.82) is 0 Å². The Kier molecular flexibility index (Phi) is 11.2. The molecule has 4 nitrogen and oxygen atoms in total. The van der Waals surface area contributed by atoms with Gasteiger partial charge in [-0.05, 0) is 70.7 Å². The molecular formula is C40H47O4. The van der Waals surface area contributed by atoms with Crippen LogP contribution in [-0.4, -0.2) is 26.4 Å². The van der Waals surface area contributed by atoms with Crippen molar-refractivity contribution in [2.45, 2.75) is 79.1 Å². The molecule has 0 spiro atoms. The molecule has 0 fully saturated rings. The largest absolute Gasteiger partial charge is 0.493 e. The molecule has 0 saturated carbocycles. The Balaban J connectivity index is 1.74. The van der Waals surface area contributed by atoms with Crippen LogP contribution in [0.1, 0.15) is 97.9 Å². The molecule has 231 valence electrons. The van der Waals surface area contributed by atoms with E-state index in [2.05, 4.69) is 94.4 Å². The fourth-order valence-corrected chi connectivity index (χ4v) is 5.96. The van der Waals surface area contributed by atoms with E-state index in [4.69, 9.17) is 18.9 Å². The fraction of sp³-hybridized carbons (Fsp3) is 0.400. The lowest BCUT2D eigenvalue weighted by Gasteiger charge is -2.22. The minimum atomic E-state index is 0.658. The average molecular weight is 592 g/mol. The topological polar surface area (TPSA) is 36.9 Å². The average Bonchev–Trinajstić information content (AvgIpc) is 3.03. The summed E-state index contributed by atoms with van der Waals surface area (Å²) in [6.45, 7) is 11.3. The summed E-state index contributed by atoms with van der Waals surface area (Å²) in [4.78, 5) is 0. The van der Waals surface area contributed by atoms with Crippen LogP contribution in [0.3, 0.4) is 0 Å². The van der Waals surface area contributed by atoms with E-state index in [1.807, 2.05) is 6.07 Å². The molecule has 44 heavy (non-hydrogen) atoms. The SMILES string of the molecule is CCCOc1c2[c]ccc1Cc1cccc(c1OCCC)Cc1cccc(c1OCCC)Cc1cccc(c1OCCC)C2. The fourth-order valence-electron chi connectivity index (χ4n) is 5.96. The molecule has 0 aromatic heterocycles. The van der Waals surface area contributed by atoms with Crippen LogP contribution in [-0.2, 0) is 25.7 Å². The number of rotatable bonds is 12. The Morgan fingerprint density at radius 1 is 0.432 bits per heavy atom. The molecule has 4 heteroatoms. The van der Waals surface area contributed by atoms with E-state index in [1.54, 1.807) is 0 Å². The first-order chi connectivity index (χ1) is 21.7. The number of hydrogen-bond acceptors (Lipinski definition) is 4. The zero-order valence-corrected chi connectivity index (χ0v) is 27.0. The van der Waals surface area contributed by atoms with E-state index < -0.39 is 0 Å². The third-order valence-electron chi connectivity index (χ3n) is 7.95. The monoisotopic (exact) mass is 591 g/mol. The number of fused-ring (bicyclic) bond motifs is 8. The minimum absolute atomic E-state index is 0.658. The van der Waals surface area contributed by atoms with E-state index in [9.17, 15) is 0 Å². The Hall–Kier alpha value is -3.92. The molecule has 4 aromatic carbocycles. The molecule has 0 unspecified atom stereocenters. The van der Waals surface area contributed by atoms with Gasteiger partial charge in [0.25, 0.3) is 0 Å². The van der Waals surface area contributed by atoms with Crippen LogP contribution in [0, 0.1) is 6.07 Å². The van der Waals surface area contributed by atoms with Crippen LogP contribution >= 0.6 is 0 Å². The first kappa shape index (κ1) is 31.5. The van der Waals surface area contributed by atoms with Crippen LogP contribution in [0.4, 0.5) is 0 Å². The van der Waals surface area contributed by atoms with Crippen molar-refractivity contribution < 1.29 is 18.9 Å². The second-order valence-corrected chi connectivity index (χ2v) is 11.6. The molecule has 8 bridgehead atoms. The summed E-state index contributed by atoms with van der Waals surface area (Å²) in [5, 5.41) is 0. The van der Waals surface area contributed by atoms with Crippen LogP contribution in [0.5, 0.6) is 23.0 Å². The first-order valence-electron chi connectivity index (χ1n) is 16.5. The molecule has 1 aliphatic rings. The highest BCUT2D eigenvalue weighted by Gasteiger charge is 2.21. The minimum Gasteiger partial charge on any atom is -0.493 e.